The molecule has 28 heavy (non-hydrogen) atoms. The molecule has 0 aromatic heterocycles. The lowest BCUT2D eigenvalue weighted by Gasteiger charge is -2.16. The summed E-state index contributed by atoms with van der Waals surface area (Å²) in [6, 6.07) is 13.7. The number of carboxylic acid groups (broad SMARTS) is 1. The minimum absolute atomic E-state index is 0.0744. The van der Waals surface area contributed by atoms with E-state index in [0.29, 0.717) is 0 Å². The first kappa shape index (κ1) is 21.1. The number of benzene rings is 2. The summed E-state index contributed by atoms with van der Waals surface area (Å²) in [6.07, 6.45) is -0.408. The number of carbonyl (C=O) groups is 3. The Morgan fingerprint density at radius 1 is 0.929 bits per heavy atom. The smallest absolute Gasteiger partial charge is 0.326 e. The molecule has 6 nitrogen and oxygen atoms in total. The number of halogens is 1. The molecule has 0 saturated carbocycles. The molecule has 2 amide bonds. The molecule has 0 spiro atoms. The van der Waals surface area contributed by atoms with Crippen molar-refractivity contribution in [3.05, 3.63) is 71.5 Å². The highest BCUT2D eigenvalue weighted by atomic mass is 19.1. The molecule has 2 atom stereocenters. The van der Waals surface area contributed by atoms with Crippen molar-refractivity contribution in [2.45, 2.75) is 38.3 Å². The fraction of sp³-hybridized carbons (Fsp3) is 0.286. The summed E-state index contributed by atoms with van der Waals surface area (Å²) < 4.78 is 13.7. The fourth-order valence-corrected chi connectivity index (χ4v) is 2.72. The lowest BCUT2D eigenvalue weighted by molar-refractivity contribution is -0.141. The van der Waals surface area contributed by atoms with Crippen LogP contribution in [0.3, 0.4) is 0 Å². The molecule has 0 radical (unpaired) electrons. The molecular formula is C21H23FN2O4. The van der Waals surface area contributed by atoms with Gasteiger partial charge in [0.05, 0.1) is 6.04 Å². The highest BCUT2D eigenvalue weighted by Crippen LogP contribution is 2.12. The van der Waals surface area contributed by atoms with Crippen LogP contribution in [-0.4, -0.2) is 28.9 Å². The van der Waals surface area contributed by atoms with Crippen LogP contribution < -0.4 is 10.6 Å². The van der Waals surface area contributed by atoms with Crippen LogP contribution in [0.4, 0.5) is 4.39 Å². The molecule has 3 N–H and O–H groups in total. The zero-order valence-corrected chi connectivity index (χ0v) is 15.5. The minimum Gasteiger partial charge on any atom is -0.480 e. The molecule has 0 aliphatic carbocycles. The first-order valence-corrected chi connectivity index (χ1v) is 8.96. The van der Waals surface area contributed by atoms with Gasteiger partial charge in [0.25, 0.3) is 0 Å². The highest BCUT2D eigenvalue weighted by Gasteiger charge is 2.22. The average molecular weight is 386 g/mol. The quantitative estimate of drug-likeness (QED) is 0.617. The standard InChI is InChI=1S/C21H23FN2O4/c1-14(15-7-3-2-4-8-15)23-19(25)11-12-20(26)24-18(21(27)28)13-16-9-5-6-10-17(16)22/h2-10,14,18H,11-13H2,1H3,(H,23,25)(H,24,26)(H,27,28)/t14-,18+/m1/s1. The van der Waals surface area contributed by atoms with Crippen LogP contribution in [0.2, 0.25) is 0 Å². The van der Waals surface area contributed by atoms with Gasteiger partial charge in [0.15, 0.2) is 0 Å². The molecule has 2 aromatic rings. The Bertz CT molecular complexity index is 826. The Morgan fingerprint density at radius 3 is 2.11 bits per heavy atom. The average Bonchev–Trinajstić information content (AvgIpc) is 2.68. The van der Waals surface area contributed by atoms with E-state index >= 15 is 0 Å². The van der Waals surface area contributed by atoms with Gasteiger partial charge in [0.1, 0.15) is 11.9 Å². The number of hydrogen-bond donors (Lipinski definition) is 3. The van der Waals surface area contributed by atoms with Gasteiger partial charge in [0, 0.05) is 19.3 Å². The van der Waals surface area contributed by atoms with Gasteiger partial charge >= 0.3 is 5.97 Å². The second-order valence-electron chi connectivity index (χ2n) is 6.45. The Balaban J connectivity index is 1.83. The van der Waals surface area contributed by atoms with E-state index in [2.05, 4.69) is 10.6 Å². The molecule has 0 fully saturated rings. The molecule has 0 heterocycles. The van der Waals surface area contributed by atoms with E-state index in [1.807, 2.05) is 37.3 Å². The third-order valence-corrected chi connectivity index (χ3v) is 4.27. The van der Waals surface area contributed by atoms with Crippen LogP contribution >= 0.6 is 0 Å². The first-order valence-electron chi connectivity index (χ1n) is 8.96. The molecule has 7 heteroatoms. The van der Waals surface area contributed by atoms with E-state index in [0.717, 1.165) is 5.56 Å². The van der Waals surface area contributed by atoms with Crippen molar-refractivity contribution in [1.82, 2.24) is 10.6 Å². The second-order valence-corrected chi connectivity index (χ2v) is 6.45. The first-order chi connectivity index (χ1) is 13.4. The van der Waals surface area contributed by atoms with Crippen molar-refractivity contribution < 1.29 is 23.9 Å². The van der Waals surface area contributed by atoms with Crippen LogP contribution in [0.5, 0.6) is 0 Å². The number of amides is 2. The second kappa shape index (κ2) is 10.2. The van der Waals surface area contributed by atoms with E-state index in [9.17, 15) is 23.9 Å². The number of carboxylic acids is 1. The summed E-state index contributed by atoms with van der Waals surface area (Å²) in [5.41, 5.74) is 1.14. The summed E-state index contributed by atoms with van der Waals surface area (Å²) in [5, 5.41) is 14.4. The van der Waals surface area contributed by atoms with E-state index < -0.39 is 23.7 Å². The molecule has 0 bridgehead atoms. The van der Waals surface area contributed by atoms with E-state index in [4.69, 9.17) is 0 Å². The number of rotatable bonds is 9. The summed E-state index contributed by atoms with van der Waals surface area (Å²) in [4.78, 5) is 35.4. The topological polar surface area (TPSA) is 95.5 Å². The van der Waals surface area contributed by atoms with Gasteiger partial charge in [-0.05, 0) is 24.1 Å². The van der Waals surface area contributed by atoms with E-state index in [1.54, 1.807) is 6.07 Å². The Morgan fingerprint density at radius 2 is 1.50 bits per heavy atom. The van der Waals surface area contributed by atoms with Gasteiger partial charge in [0.2, 0.25) is 11.8 Å². The summed E-state index contributed by atoms with van der Waals surface area (Å²) >= 11 is 0. The van der Waals surface area contributed by atoms with Crippen LogP contribution in [0.15, 0.2) is 54.6 Å². The maximum atomic E-state index is 13.7. The van der Waals surface area contributed by atoms with Gasteiger partial charge in [-0.25, -0.2) is 9.18 Å². The van der Waals surface area contributed by atoms with E-state index in [1.165, 1.54) is 18.2 Å². The largest absolute Gasteiger partial charge is 0.480 e. The van der Waals surface area contributed by atoms with Crippen molar-refractivity contribution in [1.29, 1.82) is 0 Å². The van der Waals surface area contributed by atoms with Crippen molar-refractivity contribution >= 4 is 17.8 Å². The van der Waals surface area contributed by atoms with Crippen LogP contribution in [0.1, 0.15) is 36.9 Å². The molecular weight excluding hydrogens is 363 g/mol. The monoisotopic (exact) mass is 386 g/mol. The third-order valence-electron chi connectivity index (χ3n) is 4.27. The number of nitrogens with one attached hydrogen (secondary N) is 2. The Hall–Kier alpha value is -3.22. The molecule has 0 unspecified atom stereocenters. The van der Waals surface area contributed by atoms with Crippen molar-refractivity contribution in [3.63, 3.8) is 0 Å². The zero-order valence-electron chi connectivity index (χ0n) is 15.5. The van der Waals surface area contributed by atoms with Gasteiger partial charge < -0.3 is 15.7 Å². The summed E-state index contributed by atoms with van der Waals surface area (Å²) in [5.74, 6) is -2.69. The normalized spacial score (nSPS) is 12.6. The number of carbonyl (C=O) groups excluding carboxylic acids is 2. The van der Waals surface area contributed by atoms with Crippen LogP contribution in [0.25, 0.3) is 0 Å². The zero-order chi connectivity index (χ0) is 20.5. The predicted octanol–water partition coefficient (Wildman–Crippen LogP) is 2.60. The number of aliphatic carboxylic acids is 1. The van der Waals surface area contributed by atoms with Gasteiger partial charge in [-0.1, -0.05) is 48.5 Å². The molecule has 0 saturated heterocycles. The van der Waals surface area contributed by atoms with Crippen molar-refractivity contribution in [3.8, 4) is 0 Å². The molecule has 0 aliphatic rings. The van der Waals surface area contributed by atoms with Gasteiger partial charge in [-0.3, -0.25) is 9.59 Å². The number of hydrogen-bond acceptors (Lipinski definition) is 3. The van der Waals surface area contributed by atoms with Crippen LogP contribution in [-0.2, 0) is 20.8 Å². The highest BCUT2D eigenvalue weighted by molar-refractivity contribution is 5.87. The maximum absolute atomic E-state index is 13.7. The van der Waals surface area contributed by atoms with Crippen LogP contribution in [0, 0.1) is 5.82 Å². The molecule has 2 aromatic carbocycles. The third kappa shape index (κ3) is 6.50. The summed E-state index contributed by atoms with van der Waals surface area (Å²) in [6.45, 7) is 1.84. The summed E-state index contributed by atoms with van der Waals surface area (Å²) in [7, 11) is 0. The maximum Gasteiger partial charge on any atom is 0.326 e. The Labute approximate surface area is 162 Å². The van der Waals surface area contributed by atoms with Gasteiger partial charge in [-0.15, -0.1) is 0 Å². The molecule has 148 valence electrons. The Kier molecular flexibility index (Phi) is 7.68. The van der Waals surface area contributed by atoms with Crippen molar-refractivity contribution in [2.75, 3.05) is 0 Å². The lowest BCUT2D eigenvalue weighted by Crippen LogP contribution is -2.42. The fourth-order valence-electron chi connectivity index (χ4n) is 2.72. The van der Waals surface area contributed by atoms with Crippen molar-refractivity contribution in [2.24, 2.45) is 0 Å². The van der Waals surface area contributed by atoms with E-state index in [-0.39, 0.29) is 36.8 Å². The molecule has 2 rings (SSSR count). The lowest BCUT2D eigenvalue weighted by atomic mass is 10.0. The molecule has 0 aliphatic heterocycles. The SMILES string of the molecule is C[C@@H](NC(=O)CCC(=O)N[C@@H](Cc1ccccc1F)C(=O)O)c1ccccc1. The van der Waals surface area contributed by atoms with Gasteiger partial charge in [-0.2, -0.15) is 0 Å². The minimum atomic E-state index is -1.27. The predicted molar refractivity (Wildman–Crippen MR) is 102 cm³/mol.